The fraction of sp³-hybridized carbons (Fsp3) is 0.238. The number of nitrogens with zero attached hydrogens (tertiary/aromatic N) is 2. The molecule has 4 rings (SSSR count). The number of carbonyl (C=O) groups excluding carboxylic acids is 2. The summed E-state index contributed by atoms with van der Waals surface area (Å²) in [5.74, 6) is 0.314. The zero-order valence-electron chi connectivity index (χ0n) is 15.3. The molecule has 0 saturated heterocycles. The second kappa shape index (κ2) is 7.64. The molecule has 7 heteroatoms. The molecule has 0 unspecified atom stereocenters. The topological polar surface area (TPSA) is 94.3 Å². The van der Waals surface area contributed by atoms with Crippen molar-refractivity contribution in [1.29, 1.82) is 0 Å². The van der Waals surface area contributed by atoms with E-state index in [-0.39, 0.29) is 24.3 Å². The monoisotopic (exact) mass is 377 g/mol. The molecule has 7 nitrogen and oxygen atoms in total. The van der Waals surface area contributed by atoms with Gasteiger partial charge in [0.2, 0.25) is 11.7 Å². The molecule has 1 amide bonds. The van der Waals surface area contributed by atoms with Gasteiger partial charge in [0, 0.05) is 17.2 Å². The maximum atomic E-state index is 12.2. The average Bonchev–Trinajstić information content (AvgIpc) is 3.46. The molecule has 1 aliphatic carbocycles. The van der Waals surface area contributed by atoms with Crippen molar-refractivity contribution >= 4 is 17.6 Å². The number of anilines is 1. The third-order valence-corrected chi connectivity index (χ3v) is 4.44. The molecule has 1 aromatic heterocycles. The molecule has 28 heavy (non-hydrogen) atoms. The van der Waals surface area contributed by atoms with Gasteiger partial charge in [0.05, 0.1) is 5.56 Å². The molecule has 142 valence electrons. The van der Waals surface area contributed by atoms with Crippen molar-refractivity contribution in [2.45, 2.75) is 26.4 Å². The van der Waals surface area contributed by atoms with Crippen molar-refractivity contribution in [2.75, 3.05) is 5.32 Å². The molecule has 2 aromatic carbocycles. The molecule has 1 heterocycles. The molecule has 1 fully saturated rings. The second-order valence-electron chi connectivity index (χ2n) is 6.79. The molecule has 1 N–H and O–H groups in total. The van der Waals surface area contributed by atoms with Gasteiger partial charge >= 0.3 is 5.97 Å². The third-order valence-electron chi connectivity index (χ3n) is 4.44. The lowest BCUT2D eigenvalue weighted by Crippen LogP contribution is -2.13. The van der Waals surface area contributed by atoms with Crippen LogP contribution < -0.4 is 5.32 Å². The van der Waals surface area contributed by atoms with E-state index in [0.29, 0.717) is 17.1 Å². The lowest BCUT2D eigenvalue weighted by molar-refractivity contribution is -0.117. The summed E-state index contributed by atoms with van der Waals surface area (Å²) in [6, 6.07) is 14.3. The van der Waals surface area contributed by atoms with Crippen LogP contribution in [0.25, 0.3) is 11.4 Å². The quantitative estimate of drug-likeness (QED) is 0.658. The van der Waals surface area contributed by atoms with Gasteiger partial charge in [-0.1, -0.05) is 35.0 Å². The van der Waals surface area contributed by atoms with Gasteiger partial charge in [-0.15, -0.1) is 0 Å². The summed E-state index contributed by atoms with van der Waals surface area (Å²) < 4.78 is 10.4. The van der Waals surface area contributed by atoms with Crippen LogP contribution in [-0.2, 0) is 16.1 Å². The lowest BCUT2D eigenvalue weighted by Gasteiger charge is -2.05. The fourth-order valence-electron chi connectivity index (χ4n) is 2.62. The minimum atomic E-state index is -0.504. The van der Waals surface area contributed by atoms with Crippen molar-refractivity contribution in [2.24, 2.45) is 5.92 Å². The highest BCUT2D eigenvalue weighted by Crippen LogP contribution is 2.30. The van der Waals surface area contributed by atoms with E-state index < -0.39 is 5.97 Å². The summed E-state index contributed by atoms with van der Waals surface area (Å²) in [4.78, 5) is 28.2. The third kappa shape index (κ3) is 4.25. The van der Waals surface area contributed by atoms with Crippen molar-refractivity contribution < 1.29 is 18.8 Å². The van der Waals surface area contributed by atoms with Gasteiger partial charge in [-0.3, -0.25) is 4.79 Å². The van der Waals surface area contributed by atoms with Crippen LogP contribution in [0.4, 0.5) is 5.69 Å². The Morgan fingerprint density at radius 1 is 1.11 bits per heavy atom. The van der Waals surface area contributed by atoms with E-state index >= 15 is 0 Å². The number of amides is 1. The molecular weight excluding hydrogens is 358 g/mol. The predicted molar refractivity (Wildman–Crippen MR) is 101 cm³/mol. The molecule has 1 aliphatic rings. The Morgan fingerprint density at radius 2 is 1.82 bits per heavy atom. The zero-order chi connectivity index (χ0) is 19.5. The first-order chi connectivity index (χ1) is 13.6. The fourth-order valence-corrected chi connectivity index (χ4v) is 2.62. The molecule has 0 bridgehead atoms. The first-order valence-electron chi connectivity index (χ1n) is 9.06. The molecule has 3 aromatic rings. The van der Waals surface area contributed by atoms with Crippen molar-refractivity contribution in [3.63, 3.8) is 0 Å². The smallest absolute Gasteiger partial charge is 0.338 e. The second-order valence-corrected chi connectivity index (χ2v) is 6.79. The van der Waals surface area contributed by atoms with Crippen LogP contribution in [0.1, 0.15) is 34.7 Å². The molecular formula is C21H19N3O4. The number of nitrogens with one attached hydrogen (secondary N) is 1. The van der Waals surface area contributed by atoms with E-state index in [9.17, 15) is 9.59 Å². The Kier molecular flexibility index (Phi) is 4.89. The highest BCUT2D eigenvalue weighted by atomic mass is 16.6. The standard InChI is InChI=1S/C21H19N3O4/c1-13-2-4-14(5-3-13)19-23-18(28-24-19)12-27-21(26)16-8-10-17(11-9-16)22-20(25)15-6-7-15/h2-5,8-11,15H,6-7,12H2,1H3,(H,22,25). The summed E-state index contributed by atoms with van der Waals surface area (Å²) in [7, 11) is 0. The molecule has 0 spiro atoms. The Morgan fingerprint density at radius 3 is 2.50 bits per heavy atom. The van der Waals surface area contributed by atoms with Crippen LogP contribution in [0, 0.1) is 12.8 Å². The number of benzene rings is 2. The van der Waals surface area contributed by atoms with Crippen molar-refractivity contribution in [3.8, 4) is 11.4 Å². The van der Waals surface area contributed by atoms with E-state index in [1.165, 1.54) is 0 Å². The molecule has 0 aliphatic heterocycles. The van der Waals surface area contributed by atoms with Gasteiger partial charge in [-0.2, -0.15) is 4.98 Å². The van der Waals surface area contributed by atoms with Gasteiger partial charge in [0.25, 0.3) is 5.89 Å². The van der Waals surface area contributed by atoms with Crippen LogP contribution in [-0.4, -0.2) is 22.0 Å². The summed E-state index contributed by atoms with van der Waals surface area (Å²) in [6.07, 6.45) is 1.88. The average molecular weight is 377 g/mol. The maximum Gasteiger partial charge on any atom is 0.338 e. The highest BCUT2D eigenvalue weighted by molar-refractivity contribution is 5.95. The number of aromatic nitrogens is 2. The number of ether oxygens (including phenoxy) is 1. The van der Waals surface area contributed by atoms with Gasteiger partial charge in [0.15, 0.2) is 6.61 Å². The Bertz CT molecular complexity index is 989. The number of esters is 1. The Hall–Kier alpha value is -3.48. The number of rotatable bonds is 6. The summed E-state index contributed by atoms with van der Waals surface area (Å²) >= 11 is 0. The lowest BCUT2D eigenvalue weighted by atomic mass is 10.1. The molecule has 0 radical (unpaired) electrons. The van der Waals surface area contributed by atoms with E-state index in [1.54, 1.807) is 24.3 Å². The van der Waals surface area contributed by atoms with Gasteiger partial charge in [-0.05, 0) is 44.0 Å². The van der Waals surface area contributed by atoms with E-state index in [1.807, 2.05) is 31.2 Å². The minimum Gasteiger partial charge on any atom is -0.452 e. The van der Waals surface area contributed by atoms with Crippen LogP contribution >= 0.6 is 0 Å². The summed E-state index contributed by atoms with van der Waals surface area (Å²) in [5.41, 5.74) is 3.01. The first-order valence-corrected chi connectivity index (χ1v) is 9.06. The Balaban J connectivity index is 1.32. The normalized spacial score (nSPS) is 13.2. The van der Waals surface area contributed by atoms with Crippen LogP contribution in [0.3, 0.4) is 0 Å². The minimum absolute atomic E-state index is 0.0242. The molecule has 1 saturated carbocycles. The molecule has 0 atom stereocenters. The van der Waals surface area contributed by atoms with Gasteiger partial charge in [0.1, 0.15) is 0 Å². The summed E-state index contributed by atoms with van der Waals surface area (Å²) in [5, 5.41) is 6.73. The SMILES string of the molecule is Cc1ccc(-c2noc(COC(=O)c3ccc(NC(=O)C4CC4)cc3)n2)cc1. The van der Waals surface area contributed by atoms with Crippen LogP contribution in [0.2, 0.25) is 0 Å². The highest BCUT2D eigenvalue weighted by Gasteiger charge is 2.29. The Labute approximate surface area is 161 Å². The summed E-state index contributed by atoms with van der Waals surface area (Å²) in [6.45, 7) is 1.89. The number of hydrogen-bond acceptors (Lipinski definition) is 6. The zero-order valence-corrected chi connectivity index (χ0v) is 15.3. The van der Waals surface area contributed by atoms with Gasteiger partial charge in [-0.25, -0.2) is 4.79 Å². The first kappa shape index (κ1) is 17.9. The largest absolute Gasteiger partial charge is 0.452 e. The van der Waals surface area contributed by atoms with Crippen LogP contribution in [0.5, 0.6) is 0 Å². The number of carbonyl (C=O) groups is 2. The number of hydrogen-bond donors (Lipinski definition) is 1. The van der Waals surface area contributed by atoms with E-state index in [2.05, 4.69) is 15.5 Å². The number of aryl methyl sites for hydroxylation is 1. The van der Waals surface area contributed by atoms with Crippen molar-refractivity contribution in [1.82, 2.24) is 10.1 Å². The van der Waals surface area contributed by atoms with E-state index in [0.717, 1.165) is 24.0 Å². The van der Waals surface area contributed by atoms with Crippen molar-refractivity contribution in [3.05, 3.63) is 65.5 Å². The van der Waals surface area contributed by atoms with Crippen LogP contribution in [0.15, 0.2) is 53.1 Å². The van der Waals surface area contributed by atoms with Gasteiger partial charge < -0.3 is 14.6 Å². The maximum absolute atomic E-state index is 12.2. The predicted octanol–water partition coefficient (Wildman–Crippen LogP) is 3.75. The van der Waals surface area contributed by atoms with E-state index in [4.69, 9.17) is 9.26 Å².